The SMILES string of the molecule is Cc1cc2cc(N3CCCCC3)ccc2nc1NN. The Morgan fingerprint density at radius 3 is 2.68 bits per heavy atom. The summed E-state index contributed by atoms with van der Waals surface area (Å²) in [5, 5.41) is 1.18. The maximum absolute atomic E-state index is 5.47. The predicted molar refractivity (Wildman–Crippen MR) is 80.4 cm³/mol. The lowest BCUT2D eigenvalue weighted by Crippen LogP contribution is -2.29. The number of aromatic nitrogens is 1. The first-order chi connectivity index (χ1) is 9.28. The lowest BCUT2D eigenvalue weighted by atomic mass is 10.1. The first kappa shape index (κ1) is 12.2. The molecule has 1 aliphatic rings. The van der Waals surface area contributed by atoms with Crippen LogP contribution in [0.25, 0.3) is 10.9 Å². The molecule has 0 saturated carbocycles. The molecule has 2 aromatic rings. The van der Waals surface area contributed by atoms with Crippen molar-refractivity contribution in [3.05, 3.63) is 29.8 Å². The molecule has 1 aliphatic heterocycles. The van der Waals surface area contributed by atoms with E-state index in [2.05, 4.69) is 39.6 Å². The topological polar surface area (TPSA) is 54.2 Å². The second-order valence-corrected chi connectivity index (χ2v) is 5.22. The summed E-state index contributed by atoms with van der Waals surface area (Å²) >= 11 is 0. The Labute approximate surface area is 113 Å². The number of nitrogen functional groups attached to an aromatic ring is 1. The molecular weight excluding hydrogens is 236 g/mol. The number of rotatable bonds is 2. The molecule has 0 aliphatic carbocycles. The number of benzene rings is 1. The van der Waals surface area contributed by atoms with Gasteiger partial charge in [0.25, 0.3) is 0 Å². The minimum Gasteiger partial charge on any atom is -0.372 e. The minimum absolute atomic E-state index is 0.748. The zero-order valence-corrected chi connectivity index (χ0v) is 11.3. The molecule has 100 valence electrons. The fraction of sp³-hybridized carbons (Fsp3) is 0.400. The van der Waals surface area contributed by atoms with Crippen LogP contribution in [0.1, 0.15) is 24.8 Å². The van der Waals surface area contributed by atoms with Gasteiger partial charge >= 0.3 is 0 Å². The van der Waals surface area contributed by atoms with Crippen LogP contribution in [-0.2, 0) is 0 Å². The van der Waals surface area contributed by atoms with Crippen molar-refractivity contribution in [2.24, 2.45) is 5.84 Å². The lowest BCUT2D eigenvalue weighted by Gasteiger charge is -2.29. The molecule has 4 heteroatoms. The van der Waals surface area contributed by atoms with Gasteiger partial charge in [-0.3, -0.25) is 0 Å². The summed E-state index contributed by atoms with van der Waals surface area (Å²) in [7, 11) is 0. The van der Waals surface area contributed by atoms with Crippen LogP contribution in [0, 0.1) is 6.92 Å². The second kappa shape index (κ2) is 5.05. The highest BCUT2D eigenvalue weighted by atomic mass is 15.2. The van der Waals surface area contributed by atoms with Crippen LogP contribution in [0.3, 0.4) is 0 Å². The first-order valence-electron chi connectivity index (χ1n) is 6.91. The first-order valence-corrected chi connectivity index (χ1v) is 6.91. The number of hydrazine groups is 1. The average Bonchev–Trinajstić information content (AvgIpc) is 2.47. The molecule has 0 atom stereocenters. The van der Waals surface area contributed by atoms with E-state index in [0.717, 1.165) is 16.9 Å². The number of hydrogen-bond acceptors (Lipinski definition) is 4. The molecule has 0 amide bonds. The fourth-order valence-corrected chi connectivity index (χ4v) is 2.76. The highest BCUT2D eigenvalue weighted by Gasteiger charge is 2.11. The smallest absolute Gasteiger partial charge is 0.143 e. The van der Waals surface area contributed by atoms with E-state index in [1.807, 2.05) is 6.92 Å². The van der Waals surface area contributed by atoms with Gasteiger partial charge in [-0.15, -0.1) is 0 Å². The van der Waals surface area contributed by atoms with Crippen molar-refractivity contribution < 1.29 is 0 Å². The largest absolute Gasteiger partial charge is 0.372 e. The Morgan fingerprint density at radius 1 is 1.16 bits per heavy atom. The summed E-state index contributed by atoms with van der Waals surface area (Å²) in [6.07, 6.45) is 3.95. The van der Waals surface area contributed by atoms with E-state index < -0.39 is 0 Å². The predicted octanol–water partition coefficient (Wildman–Crippen LogP) is 2.82. The van der Waals surface area contributed by atoms with Crippen LogP contribution >= 0.6 is 0 Å². The molecular formula is C15H20N4. The zero-order valence-electron chi connectivity index (χ0n) is 11.3. The molecule has 1 fully saturated rings. The second-order valence-electron chi connectivity index (χ2n) is 5.22. The molecule has 1 aromatic carbocycles. The van der Waals surface area contributed by atoms with E-state index in [0.29, 0.717) is 0 Å². The molecule has 4 nitrogen and oxygen atoms in total. The summed E-state index contributed by atoms with van der Waals surface area (Å²) in [5.41, 5.74) is 6.01. The van der Waals surface area contributed by atoms with Gasteiger partial charge in [-0.25, -0.2) is 10.8 Å². The fourth-order valence-electron chi connectivity index (χ4n) is 2.76. The molecule has 3 rings (SSSR count). The van der Waals surface area contributed by atoms with Crippen LogP contribution < -0.4 is 16.2 Å². The Balaban J connectivity index is 2.00. The molecule has 3 N–H and O–H groups in total. The molecule has 1 aromatic heterocycles. The maximum atomic E-state index is 5.47. The number of aryl methyl sites for hydroxylation is 1. The zero-order chi connectivity index (χ0) is 13.2. The van der Waals surface area contributed by atoms with Crippen molar-refractivity contribution in [2.45, 2.75) is 26.2 Å². The summed E-state index contributed by atoms with van der Waals surface area (Å²) in [4.78, 5) is 6.99. The van der Waals surface area contributed by atoms with Gasteiger partial charge in [0.15, 0.2) is 0 Å². The number of pyridine rings is 1. The number of piperidine rings is 1. The van der Waals surface area contributed by atoms with Crippen molar-refractivity contribution in [1.82, 2.24) is 4.98 Å². The Hall–Kier alpha value is -1.81. The molecule has 0 spiro atoms. The van der Waals surface area contributed by atoms with Gasteiger partial charge in [0.2, 0.25) is 0 Å². The maximum Gasteiger partial charge on any atom is 0.143 e. The number of anilines is 2. The summed E-state index contributed by atoms with van der Waals surface area (Å²) in [6.45, 7) is 4.36. The van der Waals surface area contributed by atoms with Gasteiger partial charge in [-0.2, -0.15) is 0 Å². The monoisotopic (exact) mass is 256 g/mol. The molecule has 0 bridgehead atoms. The number of fused-ring (bicyclic) bond motifs is 1. The van der Waals surface area contributed by atoms with Crippen LogP contribution in [-0.4, -0.2) is 18.1 Å². The van der Waals surface area contributed by atoms with Crippen LogP contribution in [0.15, 0.2) is 24.3 Å². The minimum atomic E-state index is 0.748. The quantitative estimate of drug-likeness (QED) is 0.641. The summed E-state index contributed by atoms with van der Waals surface area (Å²) in [5.74, 6) is 6.22. The summed E-state index contributed by atoms with van der Waals surface area (Å²) in [6, 6.07) is 8.63. The third-order valence-corrected chi connectivity index (χ3v) is 3.85. The third kappa shape index (κ3) is 2.36. The molecule has 19 heavy (non-hydrogen) atoms. The molecule has 0 unspecified atom stereocenters. The van der Waals surface area contributed by atoms with Crippen LogP contribution in [0.4, 0.5) is 11.5 Å². The number of nitrogens with two attached hydrogens (primary N) is 1. The highest BCUT2D eigenvalue weighted by Crippen LogP contribution is 2.26. The van der Waals surface area contributed by atoms with E-state index in [1.54, 1.807) is 0 Å². The molecule has 2 heterocycles. The van der Waals surface area contributed by atoms with E-state index in [9.17, 15) is 0 Å². The highest BCUT2D eigenvalue weighted by molar-refractivity contribution is 5.85. The number of nitrogens with one attached hydrogen (secondary N) is 1. The average molecular weight is 256 g/mol. The Bertz CT molecular complexity index is 588. The standard InChI is InChI=1S/C15H20N4/c1-11-9-12-10-13(19-7-3-2-4-8-19)5-6-14(12)17-15(11)18-16/h5-6,9-10H,2-4,7-8,16H2,1H3,(H,17,18). The van der Waals surface area contributed by atoms with Crippen molar-refractivity contribution in [3.63, 3.8) is 0 Å². The molecule has 0 radical (unpaired) electrons. The van der Waals surface area contributed by atoms with Crippen LogP contribution in [0.5, 0.6) is 0 Å². The third-order valence-electron chi connectivity index (χ3n) is 3.85. The van der Waals surface area contributed by atoms with Gasteiger partial charge in [-0.1, -0.05) is 0 Å². The van der Waals surface area contributed by atoms with E-state index in [1.165, 1.54) is 43.4 Å². The molecule has 1 saturated heterocycles. The van der Waals surface area contributed by atoms with Gasteiger partial charge in [0.05, 0.1) is 5.52 Å². The van der Waals surface area contributed by atoms with Crippen molar-refractivity contribution >= 4 is 22.4 Å². The van der Waals surface area contributed by atoms with Crippen LogP contribution in [0.2, 0.25) is 0 Å². The summed E-state index contributed by atoms with van der Waals surface area (Å²) < 4.78 is 0. The van der Waals surface area contributed by atoms with Gasteiger partial charge < -0.3 is 10.3 Å². The van der Waals surface area contributed by atoms with E-state index >= 15 is 0 Å². The van der Waals surface area contributed by atoms with E-state index in [-0.39, 0.29) is 0 Å². The van der Waals surface area contributed by atoms with Gasteiger partial charge in [-0.05, 0) is 56.0 Å². The van der Waals surface area contributed by atoms with Crippen molar-refractivity contribution in [2.75, 3.05) is 23.4 Å². The Morgan fingerprint density at radius 2 is 1.95 bits per heavy atom. The Kier molecular flexibility index (Phi) is 3.25. The normalized spacial score (nSPS) is 15.8. The van der Waals surface area contributed by atoms with Crippen molar-refractivity contribution in [3.8, 4) is 0 Å². The van der Waals surface area contributed by atoms with Gasteiger partial charge in [0.1, 0.15) is 5.82 Å². The number of nitrogens with zero attached hydrogens (tertiary/aromatic N) is 2. The van der Waals surface area contributed by atoms with E-state index in [4.69, 9.17) is 5.84 Å². The van der Waals surface area contributed by atoms with Gasteiger partial charge in [0, 0.05) is 24.2 Å². The van der Waals surface area contributed by atoms with Crippen molar-refractivity contribution in [1.29, 1.82) is 0 Å². The lowest BCUT2D eigenvalue weighted by molar-refractivity contribution is 0.578. The number of hydrogen-bond donors (Lipinski definition) is 2.